The highest BCUT2D eigenvalue weighted by Gasteiger charge is 2.23. The molecule has 6 heteroatoms. The van der Waals surface area contributed by atoms with Crippen LogP contribution < -0.4 is 5.32 Å². The lowest BCUT2D eigenvalue weighted by Gasteiger charge is -2.32. The number of piperidine rings is 1. The number of carbonyl (C=O) groups excluding carboxylic acids is 1. The van der Waals surface area contributed by atoms with Crippen molar-refractivity contribution in [2.75, 3.05) is 24.7 Å². The van der Waals surface area contributed by atoms with E-state index in [1.165, 1.54) is 10.5 Å². The van der Waals surface area contributed by atoms with Crippen molar-refractivity contribution in [3.05, 3.63) is 78.0 Å². The molecule has 5 nitrogen and oxygen atoms in total. The first-order valence-corrected chi connectivity index (χ1v) is 11.7. The van der Waals surface area contributed by atoms with Crippen LogP contribution in [0.5, 0.6) is 0 Å². The van der Waals surface area contributed by atoms with Crippen molar-refractivity contribution in [1.82, 2.24) is 14.7 Å². The van der Waals surface area contributed by atoms with Crippen molar-refractivity contribution in [2.45, 2.75) is 36.7 Å². The van der Waals surface area contributed by atoms with Crippen LogP contribution in [-0.4, -0.2) is 39.9 Å². The molecule has 3 aromatic rings. The highest BCUT2D eigenvalue weighted by atomic mass is 32.2. The molecule has 2 aromatic carbocycles. The number of rotatable bonds is 7. The molecule has 1 aromatic heterocycles. The van der Waals surface area contributed by atoms with Crippen LogP contribution >= 0.6 is 11.8 Å². The second kappa shape index (κ2) is 9.96. The molecule has 1 amide bonds. The number of thioether (sulfide) groups is 1. The lowest BCUT2D eigenvalue weighted by atomic mass is 10.0. The van der Waals surface area contributed by atoms with Crippen LogP contribution in [0.1, 0.15) is 30.0 Å². The van der Waals surface area contributed by atoms with E-state index in [-0.39, 0.29) is 5.91 Å². The van der Waals surface area contributed by atoms with Crippen molar-refractivity contribution in [3.63, 3.8) is 0 Å². The predicted molar refractivity (Wildman–Crippen MR) is 123 cm³/mol. The summed E-state index contributed by atoms with van der Waals surface area (Å²) in [6, 6.07) is 20.9. The number of nitrogens with one attached hydrogen (secondary N) is 1. The molecule has 1 saturated heterocycles. The third-order valence-corrected chi connectivity index (χ3v) is 6.36. The number of hydrogen-bond acceptors (Lipinski definition) is 4. The zero-order valence-electron chi connectivity index (χ0n) is 17.3. The van der Waals surface area contributed by atoms with E-state index in [9.17, 15) is 4.79 Å². The number of anilines is 1. The van der Waals surface area contributed by atoms with E-state index in [0.29, 0.717) is 12.5 Å². The molecule has 1 aliphatic rings. The van der Waals surface area contributed by atoms with Gasteiger partial charge in [-0.1, -0.05) is 42.5 Å². The molecule has 4 rings (SSSR count). The number of hydrogen-bond donors (Lipinski definition) is 1. The molecule has 2 heterocycles. The topological polar surface area (TPSA) is 50.2 Å². The number of aromatic nitrogens is 2. The van der Waals surface area contributed by atoms with Crippen LogP contribution in [0.25, 0.3) is 0 Å². The van der Waals surface area contributed by atoms with E-state index >= 15 is 0 Å². The van der Waals surface area contributed by atoms with Crippen molar-refractivity contribution in [1.29, 1.82) is 0 Å². The summed E-state index contributed by atoms with van der Waals surface area (Å²) in [5.41, 5.74) is 2.37. The molecular formula is C24H28N4OS. The van der Waals surface area contributed by atoms with Crippen molar-refractivity contribution in [2.24, 2.45) is 0 Å². The molecule has 156 valence electrons. The Labute approximate surface area is 182 Å². The van der Waals surface area contributed by atoms with Gasteiger partial charge >= 0.3 is 0 Å². The van der Waals surface area contributed by atoms with E-state index < -0.39 is 0 Å². The van der Waals surface area contributed by atoms with Gasteiger partial charge < -0.3 is 5.32 Å². The van der Waals surface area contributed by atoms with Crippen LogP contribution in [-0.2, 0) is 17.8 Å². The summed E-state index contributed by atoms with van der Waals surface area (Å²) in [5, 5.41) is 7.55. The zero-order chi connectivity index (χ0) is 20.8. The van der Waals surface area contributed by atoms with E-state index in [1.54, 1.807) is 18.0 Å². The van der Waals surface area contributed by atoms with Gasteiger partial charge in [0, 0.05) is 30.6 Å². The van der Waals surface area contributed by atoms with Gasteiger partial charge in [0.15, 0.2) is 0 Å². The highest BCUT2D eigenvalue weighted by molar-refractivity contribution is 7.98. The first kappa shape index (κ1) is 20.7. The second-order valence-corrected chi connectivity index (χ2v) is 8.61. The summed E-state index contributed by atoms with van der Waals surface area (Å²) < 4.78 is 1.99. The third-order valence-electron chi connectivity index (χ3n) is 5.61. The summed E-state index contributed by atoms with van der Waals surface area (Å²) in [6.45, 7) is 3.06. The Morgan fingerprint density at radius 3 is 2.47 bits per heavy atom. The van der Waals surface area contributed by atoms with E-state index in [1.807, 2.05) is 41.1 Å². The molecule has 1 aliphatic heterocycles. The first-order chi connectivity index (χ1) is 14.7. The van der Waals surface area contributed by atoms with Crippen molar-refractivity contribution in [3.8, 4) is 0 Å². The van der Waals surface area contributed by atoms with Crippen LogP contribution in [0.2, 0.25) is 0 Å². The summed E-state index contributed by atoms with van der Waals surface area (Å²) >= 11 is 1.77. The summed E-state index contributed by atoms with van der Waals surface area (Å²) in [7, 11) is 0. The minimum Gasteiger partial charge on any atom is -0.311 e. The molecule has 30 heavy (non-hydrogen) atoms. The Morgan fingerprint density at radius 1 is 1.03 bits per heavy atom. The molecule has 0 spiro atoms. The van der Waals surface area contributed by atoms with Gasteiger partial charge in [-0.3, -0.25) is 9.69 Å². The van der Waals surface area contributed by atoms with E-state index in [4.69, 9.17) is 0 Å². The standard InChI is InChI=1S/C24H28N4OS/c1-30-22-9-7-20(8-10-22)18-27-15-12-21(13-16-27)28-23(11-14-25-28)26-24(29)17-19-5-3-2-4-6-19/h2-11,14,21H,12-13,15-18H2,1H3,(H,26,29). The van der Waals surface area contributed by atoms with Crippen molar-refractivity contribution >= 4 is 23.5 Å². The van der Waals surface area contributed by atoms with E-state index in [2.05, 4.69) is 45.8 Å². The van der Waals surface area contributed by atoms with E-state index in [0.717, 1.165) is 43.9 Å². The third kappa shape index (κ3) is 5.32. The average molecular weight is 421 g/mol. The molecule has 0 atom stereocenters. The average Bonchev–Trinajstić information content (AvgIpc) is 3.23. The molecule has 1 fully saturated rings. The van der Waals surface area contributed by atoms with Crippen molar-refractivity contribution < 1.29 is 4.79 Å². The fraction of sp³-hybridized carbons (Fsp3) is 0.333. The predicted octanol–water partition coefficient (Wildman–Crippen LogP) is 4.62. The van der Waals surface area contributed by atoms with Gasteiger partial charge in [-0.2, -0.15) is 5.10 Å². The maximum Gasteiger partial charge on any atom is 0.229 e. The van der Waals surface area contributed by atoms with Crippen LogP contribution in [0.3, 0.4) is 0 Å². The quantitative estimate of drug-likeness (QED) is 0.567. The van der Waals surface area contributed by atoms with Crippen LogP contribution in [0, 0.1) is 0 Å². The fourth-order valence-corrected chi connectivity index (χ4v) is 4.39. The van der Waals surface area contributed by atoms with Gasteiger partial charge in [-0.15, -0.1) is 11.8 Å². The van der Waals surface area contributed by atoms with Crippen LogP contribution in [0.15, 0.2) is 71.8 Å². The Balaban J connectivity index is 1.30. The fourth-order valence-electron chi connectivity index (χ4n) is 3.98. The summed E-state index contributed by atoms with van der Waals surface area (Å²) in [5.74, 6) is 0.788. The van der Waals surface area contributed by atoms with Gasteiger partial charge in [0.2, 0.25) is 5.91 Å². The smallest absolute Gasteiger partial charge is 0.229 e. The molecular weight excluding hydrogens is 392 g/mol. The number of nitrogens with zero attached hydrogens (tertiary/aromatic N) is 3. The Hall–Kier alpha value is -2.57. The van der Waals surface area contributed by atoms with Crippen LogP contribution in [0.4, 0.5) is 5.82 Å². The number of carbonyl (C=O) groups is 1. The molecule has 0 bridgehead atoms. The first-order valence-electron chi connectivity index (χ1n) is 10.4. The van der Waals surface area contributed by atoms with Gasteiger partial charge in [-0.25, -0.2) is 4.68 Å². The number of amides is 1. The monoisotopic (exact) mass is 420 g/mol. The van der Waals surface area contributed by atoms with Gasteiger partial charge in [0.05, 0.1) is 18.7 Å². The minimum atomic E-state index is -0.00549. The maximum atomic E-state index is 12.5. The largest absolute Gasteiger partial charge is 0.311 e. The number of likely N-dealkylation sites (tertiary alicyclic amines) is 1. The lowest BCUT2D eigenvalue weighted by molar-refractivity contribution is -0.115. The molecule has 0 saturated carbocycles. The second-order valence-electron chi connectivity index (χ2n) is 7.73. The molecule has 0 radical (unpaired) electrons. The molecule has 1 N–H and O–H groups in total. The lowest BCUT2D eigenvalue weighted by Crippen LogP contribution is -2.35. The Kier molecular flexibility index (Phi) is 6.87. The summed E-state index contributed by atoms with van der Waals surface area (Å²) in [6.07, 6.45) is 6.32. The number of benzene rings is 2. The minimum absolute atomic E-state index is 0.00549. The molecule has 0 aliphatic carbocycles. The normalized spacial score (nSPS) is 15.2. The molecule has 0 unspecified atom stereocenters. The van der Waals surface area contributed by atoms with Gasteiger partial charge in [0.25, 0.3) is 0 Å². The maximum absolute atomic E-state index is 12.5. The SMILES string of the molecule is CSc1ccc(CN2CCC(n3nccc3NC(=O)Cc3ccccc3)CC2)cc1. The Bertz CT molecular complexity index is 947. The highest BCUT2D eigenvalue weighted by Crippen LogP contribution is 2.26. The zero-order valence-corrected chi connectivity index (χ0v) is 18.1. The van der Waals surface area contributed by atoms with Gasteiger partial charge in [0.1, 0.15) is 5.82 Å². The summed E-state index contributed by atoms with van der Waals surface area (Å²) in [4.78, 5) is 16.3. The van der Waals surface area contributed by atoms with Gasteiger partial charge in [-0.05, 0) is 42.4 Å². The Morgan fingerprint density at radius 2 is 1.77 bits per heavy atom.